The van der Waals surface area contributed by atoms with Crippen LogP contribution in [0, 0.1) is 0 Å². The van der Waals surface area contributed by atoms with E-state index in [9.17, 15) is 4.79 Å². The average Bonchev–Trinajstić information content (AvgIpc) is 2.65. The van der Waals surface area contributed by atoms with Crippen LogP contribution in [0.25, 0.3) is 6.08 Å². The molecule has 1 aromatic rings. The van der Waals surface area contributed by atoms with Crippen molar-refractivity contribution in [2.75, 3.05) is 0 Å². The van der Waals surface area contributed by atoms with E-state index in [0.29, 0.717) is 0 Å². The monoisotopic (exact) mass is 232 g/mol. The molecule has 2 heteroatoms. The first-order chi connectivity index (χ1) is 8.11. The molecule has 0 spiro atoms. The number of carbonyl (C=O) groups excluding carboxylic acids is 1. The van der Waals surface area contributed by atoms with Crippen molar-refractivity contribution < 1.29 is 9.21 Å². The number of furan rings is 1. The fourth-order valence-corrected chi connectivity index (χ4v) is 1.66. The molecule has 17 heavy (non-hydrogen) atoms. The van der Waals surface area contributed by atoms with E-state index in [1.54, 1.807) is 6.08 Å². The Labute approximate surface area is 103 Å². The zero-order valence-corrected chi connectivity index (χ0v) is 10.8. The molecule has 0 saturated carbocycles. The number of hydrogen-bond donors (Lipinski definition) is 0. The molecule has 0 aliphatic heterocycles. The number of aldehydes is 1. The van der Waals surface area contributed by atoms with Crippen LogP contribution in [0.2, 0.25) is 0 Å². The molecule has 0 atom stereocenters. The molecule has 0 fully saturated rings. The lowest BCUT2D eigenvalue weighted by atomic mass is 10.1. The van der Waals surface area contributed by atoms with Crippen molar-refractivity contribution in [3.8, 4) is 0 Å². The van der Waals surface area contributed by atoms with E-state index in [1.807, 2.05) is 19.3 Å². The maximum Gasteiger partial charge on any atom is 0.142 e. The lowest BCUT2D eigenvalue weighted by molar-refractivity contribution is -0.104. The van der Waals surface area contributed by atoms with E-state index in [-0.39, 0.29) is 0 Å². The lowest BCUT2D eigenvalue weighted by Crippen LogP contribution is -1.84. The van der Waals surface area contributed by atoms with Gasteiger partial charge in [-0.15, -0.1) is 0 Å². The number of allylic oxidation sites excluding steroid dienone is 3. The fraction of sp³-hybridized carbons (Fsp3) is 0.400. The molecule has 2 nitrogen and oxygen atoms in total. The molecule has 92 valence electrons. The van der Waals surface area contributed by atoms with Gasteiger partial charge in [-0.05, 0) is 63.8 Å². The summed E-state index contributed by atoms with van der Waals surface area (Å²) in [6.45, 7) is 6.09. The van der Waals surface area contributed by atoms with Crippen LogP contribution in [-0.4, -0.2) is 6.29 Å². The Morgan fingerprint density at radius 1 is 1.35 bits per heavy atom. The summed E-state index contributed by atoms with van der Waals surface area (Å²) in [7, 11) is 0. The van der Waals surface area contributed by atoms with Gasteiger partial charge < -0.3 is 4.42 Å². The summed E-state index contributed by atoms with van der Waals surface area (Å²) in [5, 5.41) is 0. The van der Waals surface area contributed by atoms with Crippen LogP contribution in [0.5, 0.6) is 0 Å². The Balaban J connectivity index is 2.43. The van der Waals surface area contributed by atoms with Crippen molar-refractivity contribution in [3.05, 3.63) is 40.9 Å². The number of aryl methyl sites for hydroxylation is 1. The molecule has 0 bridgehead atoms. The summed E-state index contributed by atoms with van der Waals surface area (Å²) in [6.07, 6.45) is 9.31. The highest BCUT2D eigenvalue weighted by Crippen LogP contribution is 2.15. The first kappa shape index (κ1) is 13.5. The molecule has 0 saturated heterocycles. The van der Waals surface area contributed by atoms with Crippen molar-refractivity contribution in [1.82, 2.24) is 0 Å². The molecule has 0 N–H and O–H groups in total. The number of carbonyl (C=O) groups is 1. The third-order valence-electron chi connectivity index (χ3n) is 2.49. The third-order valence-corrected chi connectivity index (χ3v) is 2.49. The molecule has 1 aromatic heterocycles. The van der Waals surface area contributed by atoms with Crippen LogP contribution in [-0.2, 0) is 11.2 Å². The minimum absolute atomic E-state index is 0.847. The molecule has 0 aliphatic rings. The molecule has 1 rings (SSSR count). The predicted octanol–water partition coefficient (Wildman–Crippen LogP) is 4.17. The second-order valence-corrected chi connectivity index (χ2v) is 4.58. The van der Waals surface area contributed by atoms with E-state index >= 15 is 0 Å². The van der Waals surface area contributed by atoms with Gasteiger partial charge in [-0.2, -0.15) is 0 Å². The smallest absolute Gasteiger partial charge is 0.142 e. The van der Waals surface area contributed by atoms with Crippen LogP contribution in [0.15, 0.2) is 34.0 Å². The van der Waals surface area contributed by atoms with E-state index in [2.05, 4.69) is 19.9 Å². The number of rotatable bonds is 6. The average molecular weight is 232 g/mol. The Hall–Kier alpha value is -1.57. The summed E-state index contributed by atoms with van der Waals surface area (Å²) < 4.78 is 5.43. The highest BCUT2D eigenvalue weighted by Gasteiger charge is 2.00. The predicted molar refractivity (Wildman–Crippen MR) is 70.8 cm³/mol. The molecular weight excluding hydrogens is 212 g/mol. The Bertz CT molecular complexity index is 418. The summed E-state index contributed by atoms with van der Waals surface area (Å²) in [5.74, 6) is 0.917. The molecule has 0 radical (unpaired) electrons. The van der Waals surface area contributed by atoms with Crippen molar-refractivity contribution in [2.45, 2.75) is 40.0 Å². The molecule has 1 heterocycles. The van der Waals surface area contributed by atoms with Crippen LogP contribution in [0.4, 0.5) is 0 Å². The SMILES string of the molecule is CC(C)=Cc1cc(CCCC(C)=CC=O)co1. The maximum absolute atomic E-state index is 10.3. The Morgan fingerprint density at radius 2 is 2.12 bits per heavy atom. The zero-order valence-electron chi connectivity index (χ0n) is 10.8. The minimum atomic E-state index is 0.847. The minimum Gasteiger partial charge on any atom is -0.465 e. The van der Waals surface area contributed by atoms with Gasteiger partial charge in [-0.25, -0.2) is 0 Å². The summed E-state index contributed by atoms with van der Waals surface area (Å²) in [4.78, 5) is 10.3. The topological polar surface area (TPSA) is 30.2 Å². The normalized spacial score (nSPS) is 11.4. The van der Waals surface area contributed by atoms with Crippen LogP contribution < -0.4 is 0 Å². The zero-order chi connectivity index (χ0) is 12.7. The van der Waals surface area contributed by atoms with Gasteiger partial charge in [0.15, 0.2) is 0 Å². The van der Waals surface area contributed by atoms with Crippen LogP contribution >= 0.6 is 0 Å². The Kier molecular flexibility index (Phi) is 5.47. The Morgan fingerprint density at radius 3 is 2.76 bits per heavy atom. The quantitative estimate of drug-likeness (QED) is 0.544. The van der Waals surface area contributed by atoms with Gasteiger partial charge in [0, 0.05) is 0 Å². The van der Waals surface area contributed by atoms with Crippen molar-refractivity contribution in [2.24, 2.45) is 0 Å². The van der Waals surface area contributed by atoms with E-state index in [0.717, 1.165) is 36.9 Å². The van der Waals surface area contributed by atoms with E-state index in [4.69, 9.17) is 4.42 Å². The highest BCUT2D eigenvalue weighted by atomic mass is 16.3. The maximum atomic E-state index is 10.3. The van der Waals surface area contributed by atoms with Crippen LogP contribution in [0.1, 0.15) is 44.9 Å². The fourth-order valence-electron chi connectivity index (χ4n) is 1.66. The molecule has 0 amide bonds. The summed E-state index contributed by atoms with van der Waals surface area (Å²) in [6, 6.07) is 2.08. The largest absolute Gasteiger partial charge is 0.465 e. The van der Waals surface area contributed by atoms with Gasteiger partial charge >= 0.3 is 0 Å². The molecular formula is C15H20O2. The van der Waals surface area contributed by atoms with Crippen LogP contribution in [0.3, 0.4) is 0 Å². The third kappa shape index (κ3) is 5.34. The van der Waals surface area contributed by atoms with Gasteiger partial charge in [0.2, 0.25) is 0 Å². The van der Waals surface area contributed by atoms with E-state index in [1.165, 1.54) is 11.1 Å². The highest BCUT2D eigenvalue weighted by molar-refractivity contribution is 5.65. The molecule has 0 unspecified atom stereocenters. The first-order valence-electron chi connectivity index (χ1n) is 5.95. The van der Waals surface area contributed by atoms with Gasteiger partial charge in [0.25, 0.3) is 0 Å². The molecule has 0 aliphatic carbocycles. The molecule has 0 aromatic carbocycles. The van der Waals surface area contributed by atoms with Gasteiger partial charge in [-0.1, -0.05) is 11.1 Å². The van der Waals surface area contributed by atoms with Crippen molar-refractivity contribution in [1.29, 1.82) is 0 Å². The second-order valence-electron chi connectivity index (χ2n) is 4.58. The van der Waals surface area contributed by atoms with Gasteiger partial charge in [0.05, 0.1) is 6.26 Å². The van der Waals surface area contributed by atoms with Gasteiger partial charge in [0.1, 0.15) is 12.0 Å². The second kappa shape index (κ2) is 6.89. The van der Waals surface area contributed by atoms with E-state index < -0.39 is 0 Å². The van der Waals surface area contributed by atoms with Crippen molar-refractivity contribution in [3.63, 3.8) is 0 Å². The van der Waals surface area contributed by atoms with Gasteiger partial charge in [-0.3, -0.25) is 4.79 Å². The standard InChI is InChI=1S/C15H20O2/c1-12(2)9-15-10-14(11-17-15)6-4-5-13(3)7-8-16/h7-11H,4-6H2,1-3H3. The number of hydrogen-bond acceptors (Lipinski definition) is 2. The first-order valence-corrected chi connectivity index (χ1v) is 5.95. The van der Waals surface area contributed by atoms with Crippen molar-refractivity contribution >= 4 is 12.4 Å². The lowest BCUT2D eigenvalue weighted by Gasteiger charge is -1.97. The summed E-state index contributed by atoms with van der Waals surface area (Å²) in [5.41, 5.74) is 3.58. The summed E-state index contributed by atoms with van der Waals surface area (Å²) >= 11 is 0.